The Morgan fingerprint density at radius 2 is 1.89 bits per heavy atom. The van der Waals surface area contributed by atoms with E-state index < -0.39 is 0 Å². The number of hydrogen-bond donors (Lipinski definition) is 1. The van der Waals surface area contributed by atoms with Crippen molar-refractivity contribution in [3.8, 4) is 0 Å². The molecule has 0 fully saturated rings. The minimum absolute atomic E-state index is 0.114. The predicted molar refractivity (Wildman–Crippen MR) is 117 cm³/mol. The van der Waals surface area contributed by atoms with Gasteiger partial charge in [0.15, 0.2) is 0 Å². The Hall–Kier alpha value is -2.92. The van der Waals surface area contributed by atoms with E-state index in [-0.39, 0.29) is 5.91 Å². The lowest BCUT2D eigenvalue weighted by Gasteiger charge is -2.13. The fourth-order valence-electron chi connectivity index (χ4n) is 3.37. The van der Waals surface area contributed by atoms with Crippen molar-refractivity contribution in [1.82, 2.24) is 9.55 Å². The molecule has 2 aromatic carbocycles. The van der Waals surface area contributed by atoms with Gasteiger partial charge in [-0.15, -0.1) is 0 Å². The molecule has 1 amide bonds. The van der Waals surface area contributed by atoms with Gasteiger partial charge in [-0.1, -0.05) is 22.0 Å². The largest absolute Gasteiger partial charge is 0.350 e. The molecular weight excluding hydrogens is 414 g/mol. The molecule has 0 unspecified atom stereocenters. The van der Waals surface area contributed by atoms with Crippen molar-refractivity contribution in [3.05, 3.63) is 93.8 Å². The maximum absolute atomic E-state index is 12.7. The van der Waals surface area contributed by atoms with E-state index in [4.69, 9.17) is 0 Å². The molecule has 140 valence electrons. The normalized spacial score (nSPS) is 11.0. The number of fused-ring (bicyclic) bond motifs is 1. The molecule has 0 aliphatic carbocycles. The first-order valence-electron chi connectivity index (χ1n) is 9.08. The summed E-state index contributed by atoms with van der Waals surface area (Å²) in [5, 5.41) is 4.10. The van der Waals surface area contributed by atoms with Gasteiger partial charge in [0, 0.05) is 46.2 Å². The topological polar surface area (TPSA) is 46.9 Å². The van der Waals surface area contributed by atoms with Gasteiger partial charge in [0.25, 0.3) is 5.91 Å². The maximum Gasteiger partial charge on any atom is 0.255 e. The smallest absolute Gasteiger partial charge is 0.255 e. The molecule has 5 heteroatoms. The van der Waals surface area contributed by atoms with E-state index in [1.165, 1.54) is 0 Å². The van der Waals surface area contributed by atoms with Gasteiger partial charge in [-0.05, 0) is 73.0 Å². The van der Waals surface area contributed by atoms with E-state index in [1.807, 2.05) is 74.9 Å². The van der Waals surface area contributed by atoms with Crippen LogP contribution in [0.25, 0.3) is 10.9 Å². The molecule has 4 rings (SSSR count). The van der Waals surface area contributed by atoms with E-state index in [1.54, 1.807) is 0 Å². The number of pyridine rings is 1. The average Bonchev–Trinajstić information content (AvgIpc) is 3.17. The number of nitrogens with zero attached hydrogens (tertiary/aromatic N) is 2. The van der Waals surface area contributed by atoms with Gasteiger partial charge < -0.3 is 9.88 Å². The van der Waals surface area contributed by atoms with E-state index >= 15 is 0 Å². The van der Waals surface area contributed by atoms with Crippen molar-refractivity contribution in [2.75, 3.05) is 5.32 Å². The first-order valence-corrected chi connectivity index (χ1v) is 9.87. The third-order valence-electron chi connectivity index (χ3n) is 4.88. The summed E-state index contributed by atoms with van der Waals surface area (Å²) >= 11 is 3.43. The molecule has 0 saturated heterocycles. The number of aromatic nitrogens is 2. The highest BCUT2D eigenvalue weighted by molar-refractivity contribution is 9.10. The molecule has 0 aliphatic heterocycles. The number of carbonyl (C=O) groups excluding carboxylic acids is 1. The van der Waals surface area contributed by atoms with Crippen molar-refractivity contribution >= 4 is 38.4 Å². The monoisotopic (exact) mass is 433 g/mol. The number of rotatable bonds is 4. The van der Waals surface area contributed by atoms with Crippen LogP contribution in [0.1, 0.15) is 27.0 Å². The summed E-state index contributed by atoms with van der Waals surface area (Å²) < 4.78 is 3.08. The van der Waals surface area contributed by atoms with Gasteiger partial charge in [-0.25, -0.2) is 0 Å². The highest BCUT2D eigenvalue weighted by atomic mass is 79.9. The number of anilines is 1. The van der Waals surface area contributed by atoms with Crippen LogP contribution in [-0.4, -0.2) is 15.5 Å². The van der Waals surface area contributed by atoms with Crippen molar-refractivity contribution in [1.29, 1.82) is 0 Å². The molecule has 0 saturated carbocycles. The number of aryl methyl sites for hydroxylation is 2. The fraction of sp³-hybridized carbons (Fsp3) is 0.130. The van der Waals surface area contributed by atoms with E-state index in [0.717, 1.165) is 44.3 Å². The second-order valence-corrected chi connectivity index (χ2v) is 7.84. The number of carbonyl (C=O) groups is 1. The third-order valence-corrected chi connectivity index (χ3v) is 5.37. The Morgan fingerprint density at radius 1 is 1.11 bits per heavy atom. The zero-order valence-electron chi connectivity index (χ0n) is 15.7. The molecule has 0 spiro atoms. The molecule has 4 nitrogen and oxygen atoms in total. The molecule has 0 atom stereocenters. The van der Waals surface area contributed by atoms with E-state index in [2.05, 4.69) is 36.9 Å². The lowest BCUT2D eigenvalue weighted by Crippen LogP contribution is -2.14. The first-order chi connectivity index (χ1) is 13.5. The summed E-state index contributed by atoms with van der Waals surface area (Å²) in [5.74, 6) is -0.114. The summed E-state index contributed by atoms with van der Waals surface area (Å²) in [7, 11) is 0. The SMILES string of the molecule is Cc1cc(Br)ccc1C(=O)Nc1ccc2cc(Cn3cccc3)cnc2c1C. The molecule has 28 heavy (non-hydrogen) atoms. The zero-order valence-corrected chi connectivity index (χ0v) is 17.3. The average molecular weight is 434 g/mol. The van der Waals surface area contributed by atoms with Crippen LogP contribution in [0.3, 0.4) is 0 Å². The van der Waals surface area contributed by atoms with Gasteiger partial charge in [0.1, 0.15) is 0 Å². The van der Waals surface area contributed by atoms with Crippen molar-refractivity contribution in [3.63, 3.8) is 0 Å². The van der Waals surface area contributed by atoms with E-state index in [0.29, 0.717) is 5.56 Å². The minimum atomic E-state index is -0.114. The van der Waals surface area contributed by atoms with Crippen LogP contribution in [0.2, 0.25) is 0 Å². The second-order valence-electron chi connectivity index (χ2n) is 6.92. The second kappa shape index (κ2) is 7.60. The van der Waals surface area contributed by atoms with Gasteiger partial charge in [0.05, 0.1) is 5.52 Å². The van der Waals surface area contributed by atoms with Crippen LogP contribution in [0.5, 0.6) is 0 Å². The molecule has 4 aromatic rings. The van der Waals surface area contributed by atoms with Crippen LogP contribution in [0.15, 0.2) is 71.6 Å². The summed E-state index contributed by atoms with van der Waals surface area (Å²) in [5.41, 5.74) is 5.39. The summed E-state index contributed by atoms with van der Waals surface area (Å²) in [6.07, 6.45) is 5.98. The summed E-state index contributed by atoms with van der Waals surface area (Å²) in [6.45, 7) is 4.71. The number of hydrogen-bond acceptors (Lipinski definition) is 2. The first kappa shape index (κ1) is 18.4. The maximum atomic E-state index is 12.7. The summed E-state index contributed by atoms with van der Waals surface area (Å²) in [6, 6.07) is 15.8. The lowest BCUT2D eigenvalue weighted by molar-refractivity contribution is 0.102. The number of benzene rings is 2. The van der Waals surface area contributed by atoms with Gasteiger partial charge >= 0.3 is 0 Å². The van der Waals surface area contributed by atoms with Crippen LogP contribution >= 0.6 is 15.9 Å². The van der Waals surface area contributed by atoms with Gasteiger partial charge in [0.2, 0.25) is 0 Å². The summed E-state index contributed by atoms with van der Waals surface area (Å²) in [4.78, 5) is 17.4. The Kier molecular flexibility index (Phi) is 5.01. The van der Waals surface area contributed by atoms with Crippen molar-refractivity contribution < 1.29 is 4.79 Å². The quantitative estimate of drug-likeness (QED) is 0.447. The molecule has 1 N–H and O–H groups in total. The molecule has 0 bridgehead atoms. The van der Waals surface area contributed by atoms with Crippen molar-refractivity contribution in [2.24, 2.45) is 0 Å². The number of amides is 1. The standard InChI is InChI=1S/C23H20BrN3O/c1-15-11-19(24)6-7-20(15)23(28)26-21-8-5-18-12-17(13-25-22(18)16(21)2)14-27-9-3-4-10-27/h3-13H,14H2,1-2H3,(H,26,28). The Morgan fingerprint density at radius 3 is 2.64 bits per heavy atom. The fourth-order valence-corrected chi connectivity index (χ4v) is 3.85. The Labute approximate surface area is 172 Å². The van der Waals surface area contributed by atoms with Crippen LogP contribution < -0.4 is 5.32 Å². The molecule has 0 radical (unpaired) electrons. The minimum Gasteiger partial charge on any atom is -0.350 e. The molecule has 2 aromatic heterocycles. The van der Waals surface area contributed by atoms with E-state index in [9.17, 15) is 4.79 Å². The van der Waals surface area contributed by atoms with Crippen molar-refractivity contribution in [2.45, 2.75) is 20.4 Å². The predicted octanol–water partition coefficient (Wildman–Crippen LogP) is 5.72. The van der Waals surface area contributed by atoms with Crippen LogP contribution in [-0.2, 0) is 6.54 Å². The molecule has 0 aliphatic rings. The lowest BCUT2D eigenvalue weighted by atomic mass is 10.1. The van der Waals surface area contributed by atoms with Gasteiger partial charge in [-0.3, -0.25) is 9.78 Å². The molecule has 2 heterocycles. The van der Waals surface area contributed by atoms with Gasteiger partial charge in [-0.2, -0.15) is 0 Å². The van der Waals surface area contributed by atoms with Crippen LogP contribution in [0, 0.1) is 13.8 Å². The highest BCUT2D eigenvalue weighted by Gasteiger charge is 2.13. The Bertz CT molecular complexity index is 1170. The molecular formula is C23H20BrN3O. The number of halogens is 1. The highest BCUT2D eigenvalue weighted by Crippen LogP contribution is 2.26. The third kappa shape index (κ3) is 3.71. The zero-order chi connectivity index (χ0) is 19.7. The van der Waals surface area contributed by atoms with Crippen LogP contribution in [0.4, 0.5) is 5.69 Å². The Balaban J connectivity index is 1.61. The number of nitrogens with one attached hydrogen (secondary N) is 1.